The van der Waals surface area contributed by atoms with Gasteiger partial charge in [-0.05, 0) is 4.28 Å². The Labute approximate surface area is 116 Å². The first-order valence-corrected chi connectivity index (χ1v) is 6.85. The maximum Gasteiger partial charge on any atom is 0.272 e. The number of para-hydroxylation sites is 2. The minimum absolute atomic E-state index is 0.153. The Morgan fingerprint density at radius 1 is 0.950 bits per heavy atom. The molecule has 0 N–H and O–H groups in total. The van der Waals surface area contributed by atoms with Crippen molar-refractivity contribution in [3.8, 4) is 0 Å². The molecule has 0 amide bonds. The number of rotatable bonds is 5. The standard InChI is InChI=1S/C12H11N3O4S/c13-14-15(19-20(16,17)18,11-7-3-1-4-8-11)12-9-5-2-6-10-12/h1-10H,(H,16,17,18)/p-1. The smallest absolute Gasteiger partial charge is 0.272 e. The van der Waals surface area contributed by atoms with E-state index in [2.05, 4.69) is 9.51 Å². The van der Waals surface area contributed by atoms with Crippen LogP contribution in [0, 0.1) is 0 Å². The van der Waals surface area contributed by atoms with E-state index in [9.17, 15) is 18.5 Å². The van der Waals surface area contributed by atoms with E-state index in [-0.39, 0.29) is 11.4 Å². The second-order valence-corrected chi connectivity index (χ2v) is 4.78. The maximum atomic E-state index is 11.0. The van der Waals surface area contributed by atoms with Crippen LogP contribution < -0.4 is 4.76 Å². The molecule has 2 aromatic carbocycles. The van der Waals surface area contributed by atoms with Crippen molar-refractivity contribution >= 4 is 21.8 Å². The van der Waals surface area contributed by atoms with E-state index in [4.69, 9.17) is 0 Å². The molecule has 20 heavy (non-hydrogen) atoms. The second-order valence-electron chi connectivity index (χ2n) is 3.82. The molecule has 2 rings (SSSR count). The van der Waals surface area contributed by atoms with E-state index >= 15 is 0 Å². The van der Waals surface area contributed by atoms with Gasteiger partial charge in [0, 0.05) is 29.0 Å². The summed E-state index contributed by atoms with van der Waals surface area (Å²) in [6, 6.07) is 15.6. The number of benzene rings is 2. The van der Waals surface area contributed by atoms with Gasteiger partial charge < -0.3 is 10.1 Å². The molecule has 0 aliphatic rings. The van der Waals surface area contributed by atoms with Crippen molar-refractivity contribution in [2.45, 2.75) is 0 Å². The third-order valence-electron chi connectivity index (χ3n) is 2.54. The molecular weight excluding hydrogens is 282 g/mol. The summed E-state index contributed by atoms with van der Waals surface area (Å²) in [4.78, 5) is 0. The van der Waals surface area contributed by atoms with Gasteiger partial charge in [-0.15, -0.1) is 0 Å². The van der Waals surface area contributed by atoms with Gasteiger partial charge in [0.2, 0.25) is 0 Å². The van der Waals surface area contributed by atoms with Crippen LogP contribution in [0.4, 0.5) is 11.4 Å². The van der Waals surface area contributed by atoms with Crippen LogP contribution in [0.15, 0.2) is 65.9 Å². The van der Waals surface area contributed by atoms with E-state index < -0.39 is 15.2 Å². The van der Waals surface area contributed by atoms with Gasteiger partial charge >= 0.3 is 0 Å². The van der Waals surface area contributed by atoms with Crippen LogP contribution in [0.5, 0.6) is 0 Å². The molecule has 0 heterocycles. The molecule has 0 radical (unpaired) electrons. The Morgan fingerprint density at radius 3 is 1.65 bits per heavy atom. The van der Waals surface area contributed by atoms with E-state index in [0.29, 0.717) is 0 Å². The summed E-state index contributed by atoms with van der Waals surface area (Å²) >= 11 is 0. The van der Waals surface area contributed by atoms with E-state index in [1.165, 1.54) is 24.3 Å². The van der Waals surface area contributed by atoms with Crippen LogP contribution >= 0.6 is 0 Å². The maximum absolute atomic E-state index is 11.0. The fourth-order valence-corrected chi connectivity index (χ4v) is 2.21. The van der Waals surface area contributed by atoms with Crippen LogP contribution in [0.2, 0.25) is 0 Å². The van der Waals surface area contributed by atoms with Crippen LogP contribution in [-0.4, -0.2) is 13.0 Å². The molecule has 0 atom stereocenters. The number of nitrogens with zero attached hydrogens (tertiary/aromatic N) is 3. The SMILES string of the molecule is [N-]=N[N+](OS(=O)(=O)[O-])(c1ccccc1)c1ccccc1. The lowest BCUT2D eigenvalue weighted by atomic mass is 10.2. The Morgan fingerprint density at radius 2 is 1.35 bits per heavy atom. The fourth-order valence-electron chi connectivity index (χ4n) is 1.75. The average molecular weight is 292 g/mol. The Kier molecular flexibility index (Phi) is 3.91. The first-order chi connectivity index (χ1) is 9.48. The van der Waals surface area contributed by atoms with Gasteiger partial charge in [-0.3, -0.25) is 0 Å². The highest BCUT2D eigenvalue weighted by atomic mass is 32.3. The average Bonchev–Trinajstić information content (AvgIpc) is 2.46. The van der Waals surface area contributed by atoms with Crippen LogP contribution in [-0.2, 0) is 14.7 Å². The highest BCUT2D eigenvalue weighted by Crippen LogP contribution is 2.36. The molecule has 0 saturated carbocycles. The molecule has 0 aromatic heterocycles. The summed E-state index contributed by atoms with van der Waals surface area (Å²) in [5, 5.41) is 2.98. The van der Waals surface area contributed by atoms with Crippen LogP contribution in [0.3, 0.4) is 0 Å². The summed E-state index contributed by atoms with van der Waals surface area (Å²) in [6.07, 6.45) is 0. The number of quaternary nitrogens is 1. The van der Waals surface area contributed by atoms with Crippen molar-refractivity contribution in [2.24, 2.45) is 5.22 Å². The topological polar surface area (TPSA) is 101 Å². The number of hydrogen-bond donors (Lipinski definition) is 0. The predicted molar refractivity (Wildman–Crippen MR) is 70.9 cm³/mol. The van der Waals surface area contributed by atoms with Crippen molar-refractivity contribution in [2.75, 3.05) is 0 Å². The highest BCUT2D eigenvalue weighted by Gasteiger charge is 2.37. The van der Waals surface area contributed by atoms with Crippen molar-refractivity contribution in [3.05, 3.63) is 66.2 Å². The van der Waals surface area contributed by atoms with Gasteiger partial charge in [-0.2, -0.15) is 5.22 Å². The first-order valence-electron chi connectivity index (χ1n) is 5.52. The molecule has 2 aromatic rings. The summed E-state index contributed by atoms with van der Waals surface area (Å²) in [7, 11) is -5.12. The molecule has 0 bridgehead atoms. The third-order valence-corrected chi connectivity index (χ3v) is 2.94. The zero-order valence-electron chi connectivity index (χ0n) is 10.2. The van der Waals surface area contributed by atoms with Crippen molar-refractivity contribution < 1.29 is 17.3 Å². The largest absolute Gasteiger partial charge is 0.722 e. The van der Waals surface area contributed by atoms with Crippen molar-refractivity contribution in [3.63, 3.8) is 0 Å². The first kappa shape index (κ1) is 14.3. The Hall–Kier alpha value is -2.13. The second kappa shape index (κ2) is 5.47. The highest BCUT2D eigenvalue weighted by molar-refractivity contribution is 7.80. The van der Waals surface area contributed by atoms with Gasteiger partial charge in [0.05, 0.1) is 0 Å². The minimum atomic E-state index is -5.12. The predicted octanol–water partition coefficient (Wildman–Crippen LogP) is 2.65. The van der Waals surface area contributed by atoms with Crippen molar-refractivity contribution in [1.82, 2.24) is 4.76 Å². The Balaban J connectivity index is 2.68. The molecular formula is C12H10N3O4S-. The molecule has 104 valence electrons. The van der Waals surface area contributed by atoms with Gasteiger partial charge in [0.25, 0.3) is 10.4 Å². The van der Waals surface area contributed by atoms with Gasteiger partial charge in [0.15, 0.2) is 11.4 Å². The summed E-state index contributed by atoms with van der Waals surface area (Å²) < 4.78 is 36.1. The third kappa shape index (κ3) is 2.89. The summed E-state index contributed by atoms with van der Waals surface area (Å²) in [5.41, 5.74) is 9.62. The van der Waals surface area contributed by atoms with Gasteiger partial charge in [-0.1, -0.05) is 36.4 Å². The van der Waals surface area contributed by atoms with Crippen LogP contribution in [0.25, 0.3) is 5.53 Å². The molecule has 0 aliphatic heterocycles. The van der Waals surface area contributed by atoms with E-state index in [1.54, 1.807) is 36.4 Å². The fraction of sp³-hybridized carbons (Fsp3) is 0. The molecule has 0 spiro atoms. The molecule has 8 heteroatoms. The van der Waals surface area contributed by atoms with Gasteiger partial charge in [-0.25, -0.2) is 8.42 Å². The summed E-state index contributed by atoms with van der Waals surface area (Å²) in [5.74, 6) is 0. The van der Waals surface area contributed by atoms with Gasteiger partial charge in [0.1, 0.15) is 0 Å². The zero-order chi connectivity index (χ0) is 14.6. The lowest BCUT2D eigenvalue weighted by Gasteiger charge is -2.30. The van der Waals surface area contributed by atoms with Crippen molar-refractivity contribution in [1.29, 1.82) is 0 Å². The van der Waals surface area contributed by atoms with Crippen LogP contribution in [0.1, 0.15) is 0 Å². The molecule has 0 saturated heterocycles. The zero-order valence-corrected chi connectivity index (χ0v) is 11.0. The van der Waals surface area contributed by atoms with E-state index in [0.717, 1.165) is 0 Å². The summed E-state index contributed by atoms with van der Waals surface area (Å²) in [6.45, 7) is 0. The number of hydrogen-bond acceptors (Lipinski definition) is 5. The Bertz CT molecular complexity index is 650. The van der Waals surface area contributed by atoms with E-state index in [1.807, 2.05) is 0 Å². The minimum Gasteiger partial charge on any atom is -0.722 e. The normalized spacial score (nSPS) is 12.1. The molecule has 0 unspecified atom stereocenters. The monoisotopic (exact) mass is 292 g/mol. The molecule has 0 fully saturated rings. The lowest BCUT2D eigenvalue weighted by molar-refractivity contribution is 0.00305. The quantitative estimate of drug-likeness (QED) is 0.278. The molecule has 0 aliphatic carbocycles. The lowest BCUT2D eigenvalue weighted by Crippen LogP contribution is -2.40. The molecule has 7 nitrogen and oxygen atoms in total.